The summed E-state index contributed by atoms with van der Waals surface area (Å²) in [5.41, 5.74) is -1.61. The summed E-state index contributed by atoms with van der Waals surface area (Å²) in [5.74, 6) is -4.24. The number of rotatable bonds is 5. The predicted molar refractivity (Wildman–Crippen MR) is 97.8 cm³/mol. The Bertz CT molecular complexity index is 947. The van der Waals surface area contributed by atoms with E-state index in [1.807, 2.05) is 0 Å². The summed E-state index contributed by atoms with van der Waals surface area (Å²) < 4.78 is 68.3. The van der Waals surface area contributed by atoms with Crippen molar-refractivity contribution in [3.8, 4) is 0 Å². The van der Waals surface area contributed by atoms with Gasteiger partial charge >= 0.3 is 12.3 Å². The largest absolute Gasteiger partial charge is 0.465 e. The van der Waals surface area contributed by atoms with Crippen LogP contribution in [0.1, 0.15) is 41.5 Å². The first-order chi connectivity index (χ1) is 14.5. The Hall–Kier alpha value is -3.12. The van der Waals surface area contributed by atoms with Gasteiger partial charge in [-0.2, -0.15) is 22.0 Å². The first kappa shape index (κ1) is 22.6. The second-order valence-electron chi connectivity index (χ2n) is 7.08. The number of halogens is 5. The van der Waals surface area contributed by atoms with Gasteiger partial charge in [0, 0.05) is 31.4 Å². The smallest absolute Gasteiger partial charge is 0.433 e. The van der Waals surface area contributed by atoms with Crippen molar-refractivity contribution in [2.24, 2.45) is 0 Å². The molecule has 8 nitrogen and oxygen atoms in total. The third-order valence-electron chi connectivity index (χ3n) is 4.90. The second-order valence-corrected chi connectivity index (χ2v) is 7.08. The molecule has 168 valence electrons. The number of nitrogens with one attached hydrogen (secondary N) is 1. The van der Waals surface area contributed by atoms with Crippen molar-refractivity contribution in [3.63, 3.8) is 0 Å². The third-order valence-corrected chi connectivity index (χ3v) is 4.90. The summed E-state index contributed by atoms with van der Waals surface area (Å²) in [4.78, 5) is 27.1. The lowest BCUT2D eigenvalue weighted by Crippen LogP contribution is -2.38. The topological polar surface area (TPSA) is 104 Å². The van der Waals surface area contributed by atoms with Crippen molar-refractivity contribution in [1.82, 2.24) is 24.8 Å². The number of hydrogen-bond donors (Lipinski definition) is 2. The summed E-state index contributed by atoms with van der Waals surface area (Å²) in [7, 11) is 0. The van der Waals surface area contributed by atoms with E-state index in [0.717, 1.165) is 12.4 Å². The maximum Gasteiger partial charge on any atom is 0.433 e. The Balaban J connectivity index is 1.79. The SMILES string of the molecule is Cc1ncc(C(F)(F)CNc2nccc(C(F)(F)F)n2)c(C2CCN(C(=O)O)CC2)n1. The van der Waals surface area contributed by atoms with Gasteiger partial charge in [0.15, 0.2) is 0 Å². The zero-order valence-electron chi connectivity index (χ0n) is 16.3. The van der Waals surface area contributed by atoms with E-state index in [1.165, 1.54) is 4.90 Å². The summed E-state index contributed by atoms with van der Waals surface area (Å²) in [5, 5.41) is 11.2. The van der Waals surface area contributed by atoms with Gasteiger partial charge in [0.2, 0.25) is 5.95 Å². The Morgan fingerprint density at radius 2 is 1.87 bits per heavy atom. The monoisotopic (exact) mass is 446 g/mol. The van der Waals surface area contributed by atoms with Gasteiger partial charge < -0.3 is 15.3 Å². The lowest BCUT2D eigenvalue weighted by Gasteiger charge is -2.31. The molecule has 3 rings (SSSR count). The van der Waals surface area contributed by atoms with E-state index in [2.05, 4.69) is 25.3 Å². The van der Waals surface area contributed by atoms with E-state index in [0.29, 0.717) is 18.9 Å². The Kier molecular flexibility index (Phi) is 6.23. The third kappa shape index (κ3) is 5.33. The van der Waals surface area contributed by atoms with Gasteiger partial charge in [0.25, 0.3) is 5.92 Å². The molecule has 0 radical (unpaired) electrons. The molecule has 31 heavy (non-hydrogen) atoms. The molecule has 13 heteroatoms. The molecule has 1 aliphatic rings. The van der Waals surface area contributed by atoms with E-state index in [-0.39, 0.29) is 24.6 Å². The van der Waals surface area contributed by atoms with Crippen LogP contribution in [-0.2, 0) is 12.1 Å². The minimum Gasteiger partial charge on any atom is -0.465 e. The zero-order valence-corrected chi connectivity index (χ0v) is 16.3. The number of amides is 1. The van der Waals surface area contributed by atoms with Crippen LogP contribution in [0.4, 0.5) is 32.7 Å². The van der Waals surface area contributed by atoms with Crippen molar-refractivity contribution in [3.05, 3.63) is 41.2 Å². The van der Waals surface area contributed by atoms with Gasteiger partial charge in [-0.3, -0.25) is 0 Å². The molecular formula is C18H19F5N6O2. The summed E-state index contributed by atoms with van der Waals surface area (Å²) in [6.07, 6.45) is -3.35. The Morgan fingerprint density at radius 3 is 2.48 bits per heavy atom. The molecule has 3 heterocycles. The van der Waals surface area contributed by atoms with Crippen LogP contribution in [0, 0.1) is 6.92 Å². The van der Waals surface area contributed by atoms with Crippen LogP contribution in [0.2, 0.25) is 0 Å². The van der Waals surface area contributed by atoms with Crippen molar-refractivity contribution in [2.75, 3.05) is 25.0 Å². The fourth-order valence-electron chi connectivity index (χ4n) is 3.31. The van der Waals surface area contributed by atoms with Crippen LogP contribution in [0.3, 0.4) is 0 Å². The van der Waals surface area contributed by atoms with E-state index in [1.54, 1.807) is 6.92 Å². The molecule has 0 unspecified atom stereocenters. The summed E-state index contributed by atoms with van der Waals surface area (Å²) in [6.45, 7) is 0.850. The highest BCUT2D eigenvalue weighted by Crippen LogP contribution is 2.37. The normalized spacial score (nSPS) is 15.7. The molecule has 0 spiro atoms. The van der Waals surface area contributed by atoms with Gasteiger partial charge in [-0.1, -0.05) is 0 Å². The van der Waals surface area contributed by atoms with Crippen LogP contribution in [0.5, 0.6) is 0 Å². The molecule has 2 N–H and O–H groups in total. The van der Waals surface area contributed by atoms with E-state index < -0.39 is 47.9 Å². The predicted octanol–water partition coefficient (Wildman–Crippen LogP) is 3.66. The van der Waals surface area contributed by atoms with Crippen LogP contribution < -0.4 is 5.32 Å². The maximum absolute atomic E-state index is 15.0. The number of hydrogen-bond acceptors (Lipinski definition) is 6. The molecule has 0 aromatic carbocycles. The maximum atomic E-state index is 15.0. The van der Waals surface area contributed by atoms with Crippen molar-refractivity contribution in [2.45, 2.75) is 37.8 Å². The highest BCUT2D eigenvalue weighted by molar-refractivity contribution is 5.65. The van der Waals surface area contributed by atoms with Crippen LogP contribution >= 0.6 is 0 Å². The minimum atomic E-state index is -4.73. The Morgan fingerprint density at radius 1 is 1.19 bits per heavy atom. The number of carbonyl (C=O) groups is 1. The number of nitrogens with zero attached hydrogens (tertiary/aromatic N) is 5. The molecule has 0 bridgehead atoms. The highest BCUT2D eigenvalue weighted by atomic mass is 19.4. The lowest BCUT2D eigenvalue weighted by atomic mass is 9.89. The molecule has 1 fully saturated rings. The van der Waals surface area contributed by atoms with Crippen LogP contribution in [0.25, 0.3) is 0 Å². The van der Waals surface area contributed by atoms with Gasteiger partial charge in [-0.25, -0.2) is 24.7 Å². The standard InChI is InChI=1S/C18H19F5N6O2/c1-10-25-8-12(14(27-10)11-3-6-29(7-4-11)16(30)31)17(19,20)9-26-15-24-5-2-13(28-15)18(21,22)23/h2,5,8,11H,3-4,6-7,9H2,1H3,(H,30,31)(H,24,26,28). The molecule has 0 aliphatic carbocycles. The van der Waals surface area contributed by atoms with Crippen molar-refractivity contribution >= 4 is 12.0 Å². The number of carboxylic acid groups (broad SMARTS) is 1. The quantitative estimate of drug-likeness (QED) is 0.676. The average Bonchev–Trinajstić information content (AvgIpc) is 2.72. The van der Waals surface area contributed by atoms with Crippen LogP contribution in [-0.4, -0.2) is 55.7 Å². The first-order valence-corrected chi connectivity index (χ1v) is 9.31. The van der Waals surface area contributed by atoms with E-state index in [9.17, 15) is 18.0 Å². The van der Waals surface area contributed by atoms with Gasteiger partial charge in [0.05, 0.1) is 17.8 Å². The minimum absolute atomic E-state index is 0.106. The van der Waals surface area contributed by atoms with Crippen molar-refractivity contribution < 1.29 is 31.9 Å². The fraction of sp³-hybridized carbons (Fsp3) is 0.500. The molecule has 1 saturated heterocycles. The summed E-state index contributed by atoms with van der Waals surface area (Å²) in [6, 6.07) is 0.638. The van der Waals surface area contributed by atoms with Crippen LogP contribution in [0.15, 0.2) is 18.5 Å². The molecule has 1 aliphatic heterocycles. The second kappa shape index (κ2) is 8.55. The van der Waals surface area contributed by atoms with E-state index >= 15 is 8.78 Å². The molecular weight excluding hydrogens is 427 g/mol. The number of piperidine rings is 1. The molecule has 2 aromatic rings. The number of likely N-dealkylation sites (tertiary alicyclic amines) is 1. The van der Waals surface area contributed by atoms with E-state index in [4.69, 9.17) is 5.11 Å². The number of aryl methyl sites for hydroxylation is 1. The molecule has 0 saturated carbocycles. The van der Waals surface area contributed by atoms with Crippen molar-refractivity contribution in [1.29, 1.82) is 0 Å². The number of anilines is 1. The zero-order chi connectivity index (χ0) is 22.8. The summed E-state index contributed by atoms with van der Waals surface area (Å²) >= 11 is 0. The highest BCUT2D eigenvalue weighted by Gasteiger charge is 2.39. The van der Waals surface area contributed by atoms with Gasteiger partial charge in [0.1, 0.15) is 11.5 Å². The number of aromatic nitrogens is 4. The Labute approximate surface area is 173 Å². The van der Waals surface area contributed by atoms with Gasteiger partial charge in [-0.15, -0.1) is 0 Å². The number of alkyl halides is 5. The molecule has 2 aromatic heterocycles. The molecule has 1 amide bonds. The average molecular weight is 446 g/mol. The van der Waals surface area contributed by atoms with Gasteiger partial charge in [-0.05, 0) is 25.8 Å². The lowest BCUT2D eigenvalue weighted by molar-refractivity contribution is -0.141. The fourth-order valence-corrected chi connectivity index (χ4v) is 3.31. The molecule has 0 atom stereocenters. The first-order valence-electron chi connectivity index (χ1n) is 9.31.